The van der Waals surface area contributed by atoms with Gasteiger partial charge in [-0.15, -0.1) is 12.1 Å². The van der Waals surface area contributed by atoms with Crippen LogP contribution in [0.4, 0.5) is 8.78 Å². The summed E-state index contributed by atoms with van der Waals surface area (Å²) in [5.41, 5.74) is 0.851. The molecule has 0 fully saturated rings. The molecule has 0 aliphatic carbocycles. The predicted molar refractivity (Wildman–Crippen MR) is 93.7 cm³/mol. The van der Waals surface area contributed by atoms with Crippen molar-refractivity contribution in [2.75, 3.05) is 0 Å². The molecule has 3 rings (SSSR count). The largest absolute Gasteiger partial charge is 0.477 e. The van der Waals surface area contributed by atoms with Crippen LogP contribution in [0.25, 0.3) is 11.3 Å². The molecule has 0 amide bonds. The summed E-state index contributed by atoms with van der Waals surface area (Å²) in [5, 5.41) is 8.32. The van der Waals surface area contributed by atoms with Crippen molar-refractivity contribution < 1.29 is 38.8 Å². The number of hydrogen-bond acceptors (Lipinski definition) is 3. The zero-order valence-corrected chi connectivity index (χ0v) is 17.0. The van der Waals surface area contributed by atoms with Crippen molar-refractivity contribution >= 4 is 5.97 Å². The maximum Gasteiger partial charge on any atom is 0.354 e. The molecule has 1 N–H and O–H groups in total. The molecule has 0 atom stereocenters. The SMILES string of the molecule is CC(C)c1c(F)c[c-]c(-c2ccccn2)c1F.O=C(O)c1ccccn1.[Ir]. The average Bonchev–Trinajstić information content (AvgIpc) is 2.63. The number of pyridine rings is 2. The second kappa shape index (κ2) is 10.6. The maximum absolute atomic E-state index is 14.2. The third-order valence-electron chi connectivity index (χ3n) is 3.44. The van der Waals surface area contributed by atoms with Gasteiger partial charge in [-0.2, -0.15) is 0 Å². The number of aromatic nitrogens is 2. The summed E-state index contributed by atoms with van der Waals surface area (Å²) in [7, 11) is 0. The molecule has 2 heterocycles. The van der Waals surface area contributed by atoms with Crippen molar-refractivity contribution in [1.29, 1.82) is 0 Å². The molecule has 7 heteroatoms. The first-order valence-electron chi connectivity index (χ1n) is 7.87. The van der Waals surface area contributed by atoms with Gasteiger partial charge in [0.15, 0.2) is 0 Å². The number of carboxylic acid groups (broad SMARTS) is 1. The summed E-state index contributed by atoms with van der Waals surface area (Å²) in [6.45, 7) is 3.51. The normalized spacial score (nSPS) is 9.81. The van der Waals surface area contributed by atoms with E-state index in [1.54, 1.807) is 50.4 Å². The van der Waals surface area contributed by atoms with E-state index in [-0.39, 0.29) is 42.8 Å². The van der Waals surface area contributed by atoms with E-state index < -0.39 is 17.6 Å². The molecule has 0 aliphatic heterocycles. The zero-order chi connectivity index (χ0) is 19.1. The first-order chi connectivity index (χ1) is 12.4. The van der Waals surface area contributed by atoms with E-state index in [9.17, 15) is 13.6 Å². The fourth-order valence-electron chi connectivity index (χ4n) is 2.23. The quantitative estimate of drug-likeness (QED) is 0.482. The van der Waals surface area contributed by atoms with Gasteiger partial charge in [0.2, 0.25) is 0 Å². The Bertz CT molecular complexity index is 876. The van der Waals surface area contributed by atoms with Crippen molar-refractivity contribution in [3.63, 3.8) is 0 Å². The maximum atomic E-state index is 14.2. The van der Waals surface area contributed by atoms with Crippen LogP contribution in [-0.2, 0) is 20.1 Å². The number of rotatable bonds is 3. The topological polar surface area (TPSA) is 63.1 Å². The molecule has 0 bridgehead atoms. The fraction of sp³-hybridized carbons (Fsp3) is 0.150. The molecular weight excluding hydrogens is 530 g/mol. The number of hydrogen-bond donors (Lipinski definition) is 1. The third-order valence-corrected chi connectivity index (χ3v) is 3.44. The predicted octanol–water partition coefficient (Wildman–Crippen LogP) is 4.73. The Balaban J connectivity index is 0.000000310. The Labute approximate surface area is 169 Å². The van der Waals surface area contributed by atoms with Crippen LogP contribution < -0.4 is 0 Å². The molecule has 0 saturated heterocycles. The molecule has 0 saturated carbocycles. The molecule has 3 aromatic rings. The van der Waals surface area contributed by atoms with E-state index in [4.69, 9.17) is 5.11 Å². The first-order valence-corrected chi connectivity index (χ1v) is 7.87. The van der Waals surface area contributed by atoms with Crippen molar-refractivity contribution in [2.45, 2.75) is 19.8 Å². The fourth-order valence-corrected chi connectivity index (χ4v) is 2.23. The summed E-state index contributed by atoms with van der Waals surface area (Å²) in [6, 6.07) is 13.7. The van der Waals surface area contributed by atoms with Crippen LogP contribution in [0, 0.1) is 17.7 Å². The van der Waals surface area contributed by atoms with Gasteiger partial charge in [0, 0.05) is 44.1 Å². The second-order valence-corrected chi connectivity index (χ2v) is 5.63. The zero-order valence-electron chi connectivity index (χ0n) is 14.6. The number of carbonyl (C=O) groups is 1. The van der Waals surface area contributed by atoms with Gasteiger partial charge in [-0.25, -0.2) is 9.78 Å². The van der Waals surface area contributed by atoms with E-state index in [0.717, 1.165) is 0 Å². The number of nitrogens with zero attached hydrogens (tertiary/aromatic N) is 2. The van der Waals surface area contributed by atoms with Gasteiger partial charge >= 0.3 is 5.97 Å². The molecule has 0 spiro atoms. The van der Waals surface area contributed by atoms with Crippen molar-refractivity contribution in [3.8, 4) is 11.3 Å². The Morgan fingerprint density at radius 1 is 1.07 bits per heavy atom. The minimum Gasteiger partial charge on any atom is -0.477 e. The Morgan fingerprint density at radius 2 is 1.70 bits per heavy atom. The van der Waals surface area contributed by atoms with Gasteiger partial charge in [0.05, 0.1) is 0 Å². The Morgan fingerprint density at radius 3 is 2.15 bits per heavy atom. The number of carboxylic acids is 1. The Hall–Kier alpha value is -2.50. The molecule has 1 radical (unpaired) electrons. The van der Waals surface area contributed by atoms with E-state index in [1.807, 2.05) is 0 Å². The summed E-state index contributed by atoms with van der Waals surface area (Å²) >= 11 is 0. The third kappa shape index (κ3) is 6.01. The van der Waals surface area contributed by atoms with Crippen molar-refractivity contribution in [1.82, 2.24) is 9.97 Å². The van der Waals surface area contributed by atoms with Gasteiger partial charge < -0.3 is 10.1 Å². The second-order valence-electron chi connectivity index (χ2n) is 5.63. The van der Waals surface area contributed by atoms with Crippen molar-refractivity contribution in [3.05, 3.63) is 83.8 Å². The molecule has 143 valence electrons. The van der Waals surface area contributed by atoms with Gasteiger partial charge in [-0.1, -0.05) is 43.2 Å². The number of benzene rings is 1. The molecule has 2 aromatic heterocycles. The molecule has 1 aromatic carbocycles. The average molecular weight is 548 g/mol. The smallest absolute Gasteiger partial charge is 0.354 e. The standard InChI is InChI=1S/C14H12F2N.C6H5NO2.Ir/c1-9(2)13-11(15)7-6-10(14(13)16)12-5-3-4-8-17-12;8-6(9)5-3-1-2-4-7-5;/h3-5,7-9H,1-2H3;1-4H,(H,8,9);/q-1;;. The van der Waals surface area contributed by atoms with Crippen LogP contribution in [0.1, 0.15) is 35.8 Å². The van der Waals surface area contributed by atoms with Gasteiger partial charge in [0.1, 0.15) is 5.69 Å². The molecular formula is C20H17F2IrN2O2-. The van der Waals surface area contributed by atoms with Crippen LogP contribution in [0.3, 0.4) is 0 Å². The van der Waals surface area contributed by atoms with E-state index in [1.165, 1.54) is 18.3 Å². The minimum atomic E-state index is -0.990. The van der Waals surface area contributed by atoms with Gasteiger partial charge in [-0.05, 0) is 29.8 Å². The Kier molecular flexibility index (Phi) is 8.85. The van der Waals surface area contributed by atoms with Crippen LogP contribution in [-0.4, -0.2) is 21.0 Å². The van der Waals surface area contributed by atoms with E-state index >= 15 is 0 Å². The number of aromatic carboxylic acids is 1. The van der Waals surface area contributed by atoms with Crippen LogP contribution >= 0.6 is 0 Å². The van der Waals surface area contributed by atoms with Crippen LogP contribution in [0.2, 0.25) is 0 Å². The summed E-state index contributed by atoms with van der Waals surface area (Å²) < 4.78 is 27.7. The summed E-state index contributed by atoms with van der Waals surface area (Å²) in [6.07, 6.45) is 3.02. The van der Waals surface area contributed by atoms with Gasteiger partial charge in [0.25, 0.3) is 0 Å². The first kappa shape index (κ1) is 22.5. The van der Waals surface area contributed by atoms with Crippen LogP contribution in [0.5, 0.6) is 0 Å². The number of halogens is 2. The van der Waals surface area contributed by atoms with Gasteiger partial charge in [-0.3, -0.25) is 8.78 Å². The van der Waals surface area contributed by atoms with E-state index in [0.29, 0.717) is 5.69 Å². The monoisotopic (exact) mass is 548 g/mol. The van der Waals surface area contributed by atoms with Crippen molar-refractivity contribution in [2.24, 2.45) is 0 Å². The summed E-state index contributed by atoms with van der Waals surface area (Å²) in [4.78, 5) is 17.8. The molecule has 0 unspecified atom stereocenters. The molecule has 4 nitrogen and oxygen atoms in total. The molecule has 0 aliphatic rings. The minimum absolute atomic E-state index is 0. The van der Waals surface area contributed by atoms with Crippen LogP contribution in [0.15, 0.2) is 54.9 Å². The molecule has 27 heavy (non-hydrogen) atoms. The summed E-state index contributed by atoms with van der Waals surface area (Å²) in [5.74, 6) is -2.33. The van der Waals surface area contributed by atoms with E-state index in [2.05, 4.69) is 16.0 Å².